The van der Waals surface area contributed by atoms with Crippen LogP contribution >= 0.6 is 15.9 Å². The Bertz CT molecular complexity index is 348. The number of halogens is 1. The van der Waals surface area contributed by atoms with E-state index in [2.05, 4.69) is 59.1 Å². The van der Waals surface area contributed by atoms with Gasteiger partial charge in [-0.1, -0.05) is 41.4 Å². The van der Waals surface area contributed by atoms with Crippen LogP contribution in [0.5, 0.6) is 0 Å². The second kappa shape index (κ2) is 5.43. The number of nitrogens with zero attached hydrogens (tertiary/aromatic N) is 1. The summed E-state index contributed by atoms with van der Waals surface area (Å²) >= 11 is 3.68. The third-order valence-electron chi connectivity index (χ3n) is 4.06. The Morgan fingerprint density at radius 1 is 1.24 bits per heavy atom. The van der Waals surface area contributed by atoms with Gasteiger partial charge in [0.05, 0.1) is 0 Å². The first kappa shape index (κ1) is 12.9. The van der Waals surface area contributed by atoms with Gasteiger partial charge in [-0.2, -0.15) is 0 Å². The summed E-state index contributed by atoms with van der Waals surface area (Å²) in [6.07, 6.45) is 5.26. The van der Waals surface area contributed by atoms with Crippen LogP contribution in [0.4, 0.5) is 5.69 Å². The molecule has 1 fully saturated rings. The van der Waals surface area contributed by atoms with Gasteiger partial charge in [-0.15, -0.1) is 0 Å². The smallest absolute Gasteiger partial charge is 0.0363 e. The van der Waals surface area contributed by atoms with Gasteiger partial charge in [0, 0.05) is 24.6 Å². The molecule has 1 saturated carbocycles. The van der Waals surface area contributed by atoms with Gasteiger partial charge in [0.1, 0.15) is 0 Å². The van der Waals surface area contributed by atoms with E-state index in [9.17, 15) is 0 Å². The van der Waals surface area contributed by atoms with E-state index in [1.807, 2.05) is 0 Å². The molecule has 1 aliphatic rings. The Morgan fingerprint density at radius 2 is 1.88 bits per heavy atom. The van der Waals surface area contributed by atoms with Gasteiger partial charge in [-0.3, -0.25) is 0 Å². The van der Waals surface area contributed by atoms with E-state index in [0.29, 0.717) is 5.41 Å². The lowest BCUT2D eigenvalue weighted by molar-refractivity contribution is 0.179. The molecule has 94 valence electrons. The number of alkyl halides is 1. The standard InChI is InChI=1S/C15H22BrN/c1-3-13-5-7-14(8-6-13)17(2)12-15(11-16)9-4-10-15/h5-8H,3-4,9-12H2,1-2H3. The lowest BCUT2D eigenvalue weighted by Gasteiger charge is -2.43. The quantitative estimate of drug-likeness (QED) is 0.734. The zero-order chi connectivity index (χ0) is 12.3. The summed E-state index contributed by atoms with van der Waals surface area (Å²) in [6, 6.07) is 8.99. The molecule has 0 unspecified atom stereocenters. The minimum Gasteiger partial charge on any atom is -0.374 e. The number of rotatable bonds is 5. The Labute approximate surface area is 113 Å². The van der Waals surface area contributed by atoms with Crippen molar-refractivity contribution in [2.24, 2.45) is 5.41 Å². The highest BCUT2D eigenvalue weighted by atomic mass is 79.9. The van der Waals surface area contributed by atoms with Crippen molar-refractivity contribution in [3.63, 3.8) is 0 Å². The third-order valence-corrected chi connectivity index (χ3v) is 5.25. The molecule has 0 N–H and O–H groups in total. The second-order valence-electron chi connectivity index (χ2n) is 5.36. The van der Waals surface area contributed by atoms with Crippen molar-refractivity contribution in [3.8, 4) is 0 Å². The predicted molar refractivity (Wildman–Crippen MR) is 79.2 cm³/mol. The van der Waals surface area contributed by atoms with Crippen molar-refractivity contribution in [3.05, 3.63) is 29.8 Å². The predicted octanol–water partition coefficient (Wildman–Crippen LogP) is 4.25. The maximum absolute atomic E-state index is 3.68. The molecule has 0 saturated heterocycles. The molecule has 0 radical (unpaired) electrons. The minimum absolute atomic E-state index is 0.526. The number of benzene rings is 1. The fourth-order valence-electron chi connectivity index (χ4n) is 2.59. The maximum atomic E-state index is 3.68. The van der Waals surface area contributed by atoms with Crippen molar-refractivity contribution in [1.29, 1.82) is 0 Å². The van der Waals surface area contributed by atoms with Crippen LogP contribution in [0.1, 0.15) is 31.7 Å². The summed E-state index contributed by atoms with van der Waals surface area (Å²) in [5.74, 6) is 0. The molecule has 17 heavy (non-hydrogen) atoms. The normalized spacial score (nSPS) is 17.6. The average molecular weight is 296 g/mol. The van der Waals surface area contributed by atoms with Crippen LogP contribution in [0, 0.1) is 5.41 Å². The van der Waals surface area contributed by atoms with Gasteiger partial charge in [0.25, 0.3) is 0 Å². The fraction of sp³-hybridized carbons (Fsp3) is 0.600. The number of anilines is 1. The van der Waals surface area contributed by atoms with Crippen LogP contribution in [-0.4, -0.2) is 18.9 Å². The van der Waals surface area contributed by atoms with E-state index in [1.54, 1.807) is 0 Å². The van der Waals surface area contributed by atoms with E-state index >= 15 is 0 Å². The van der Waals surface area contributed by atoms with Crippen molar-refractivity contribution < 1.29 is 0 Å². The zero-order valence-corrected chi connectivity index (χ0v) is 12.5. The molecule has 1 aromatic rings. The Kier molecular flexibility index (Phi) is 4.13. The molecule has 1 nitrogen and oxygen atoms in total. The Balaban J connectivity index is 2.01. The number of aryl methyl sites for hydroxylation is 1. The summed E-state index contributed by atoms with van der Waals surface area (Å²) < 4.78 is 0. The van der Waals surface area contributed by atoms with Crippen LogP contribution in [0.15, 0.2) is 24.3 Å². The lowest BCUT2D eigenvalue weighted by atomic mass is 9.70. The zero-order valence-electron chi connectivity index (χ0n) is 10.9. The first-order valence-corrected chi connectivity index (χ1v) is 7.67. The van der Waals surface area contributed by atoms with Gasteiger partial charge in [0.2, 0.25) is 0 Å². The molecular formula is C15H22BrN. The minimum atomic E-state index is 0.526. The maximum Gasteiger partial charge on any atom is 0.0363 e. The van der Waals surface area contributed by atoms with Crippen LogP contribution in [-0.2, 0) is 6.42 Å². The first-order chi connectivity index (χ1) is 8.19. The van der Waals surface area contributed by atoms with Crippen LogP contribution in [0.25, 0.3) is 0 Å². The van der Waals surface area contributed by atoms with E-state index in [0.717, 1.165) is 11.8 Å². The van der Waals surface area contributed by atoms with E-state index < -0.39 is 0 Å². The van der Waals surface area contributed by atoms with Crippen molar-refractivity contribution in [2.75, 3.05) is 23.8 Å². The molecule has 1 aliphatic carbocycles. The van der Waals surface area contributed by atoms with E-state index in [4.69, 9.17) is 0 Å². The van der Waals surface area contributed by atoms with Crippen LogP contribution in [0.3, 0.4) is 0 Å². The van der Waals surface area contributed by atoms with E-state index in [-0.39, 0.29) is 0 Å². The van der Waals surface area contributed by atoms with Crippen LogP contribution < -0.4 is 4.90 Å². The number of hydrogen-bond acceptors (Lipinski definition) is 1. The summed E-state index contributed by atoms with van der Waals surface area (Å²) in [4.78, 5) is 2.40. The highest BCUT2D eigenvalue weighted by Crippen LogP contribution is 2.43. The molecule has 1 aromatic carbocycles. The van der Waals surface area contributed by atoms with Crippen molar-refractivity contribution >= 4 is 21.6 Å². The molecule has 2 rings (SSSR count). The van der Waals surface area contributed by atoms with Gasteiger partial charge in [-0.05, 0) is 42.4 Å². The molecule has 2 heteroatoms. The fourth-order valence-corrected chi connectivity index (χ4v) is 3.33. The van der Waals surface area contributed by atoms with Gasteiger partial charge < -0.3 is 4.90 Å². The summed E-state index contributed by atoms with van der Waals surface area (Å²) in [7, 11) is 2.21. The molecule has 0 heterocycles. The van der Waals surface area contributed by atoms with Gasteiger partial charge in [-0.25, -0.2) is 0 Å². The van der Waals surface area contributed by atoms with Crippen LogP contribution in [0.2, 0.25) is 0 Å². The highest BCUT2D eigenvalue weighted by Gasteiger charge is 2.36. The molecule has 0 bridgehead atoms. The Hall–Kier alpha value is -0.500. The number of hydrogen-bond donors (Lipinski definition) is 0. The third kappa shape index (κ3) is 2.85. The lowest BCUT2D eigenvalue weighted by Crippen LogP contribution is -2.42. The summed E-state index contributed by atoms with van der Waals surface area (Å²) in [5.41, 5.74) is 3.29. The Morgan fingerprint density at radius 3 is 2.29 bits per heavy atom. The molecular weight excluding hydrogens is 274 g/mol. The topological polar surface area (TPSA) is 3.24 Å². The van der Waals surface area contributed by atoms with Gasteiger partial charge >= 0.3 is 0 Å². The first-order valence-electron chi connectivity index (χ1n) is 6.55. The summed E-state index contributed by atoms with van der Waals surface area (Å²) in [6.45, 7) is 3.37. The molecule has 0 amide bonds. The molecule has 0 atom stereocenters. The molecule has 0 spiro atoms. The highest BCUT2D eigenvalue weighted by molar-refractivity contribution is 9.09. The summed E-state index contributed by atoms with van der Waals surface area (Å²) in [5, 5.41) is 1.14. The SMILES string of the molecule is CCc1ccc(N(C)CC2(CBr)CCC2)cc1. The van der Waals surface area contributed by atoms with Gasteiger partial charge in [0.15, 0.2) is 0 Å². The van der Waals surface area contributed by atoms with Crippen molar-refractivity contribution in [1.82, 2.24) is 0 Å². The molecule has 0 aliphatic heterocycles. The molecule has 0 aromatic heterocycles. The van der Waals surface area contributed by atoms with Crippen molar-refractivity contribution in [2.45, 2.75) is 32.6 Å². The second-order valence-corrected chi connectivity index (χ2v) is 5.92. The monoisotopic (exact) mass is 295 g/mol. The largest absolute Gasteiger partial charge is 0.374 e. The van der Waals surface area contributed by atoms with E-state index in [1.165, 1.54) is 37.1 Å². The average Bonchev–Trinajstić information content (AvgIpc) is 2.33.